The highest BCUT2D eigenvalue weighted by Crippen LogP contribution is 2.44. The number of ketones is 2. The number of phenolic OH excluding ortho intramolecular Hbond substituents is 3. The van der Waals surface area contributed by atoms with Gasteiger partial charge in [-0.15, -0.1) is 0 Å². The fraction of sp³-hybridized carbons (Fsp3) is 0.333. The van der Waals surface area contributed by atoms with Gasteiger partial charge in [0.2, 0.25) is 5.75 Å². The maximum absolute atomic E-state index is 12.5. The summed E-state index contributed by atoms with van der Waals surface area (Å²) in [6.07, 6.45) is 2.05. The van der Waals surface area contributed by atoms with Gasteiger partial charge in [-0.1, -0.05) is 6.07 Å². The average Bonchev–Trinajstić information content (AvgIpc) is 2.46. The standard InChI is InChI=1S/C15H14O6/c16-7-1-2-9-12(5-7)21-6-10(13(9)18)8-3-4-11(17)15(20)14(8)19/h3-5,9-10,17,19-20H,1-2,6H2. The molecule has 2 aliphatic rings. The quantitative estimate of drug-likeness (QED) is 0.674. The summed E-state index contributed by atoms with van der Waals surface area (Å²) in [5.41, 5.74) is 0.214. The summed E-state index contributed by atoms with van der Waals surface area (Å²) in [7, 11) is 0. The Hall–Kier alpha value is -2.50. The molecule has 1 aromatic carbocycles. The summed E-state index contributed by atoms with van der Waals surface area (Å²) in [5.74, 6) is -2.67. The molecule has 6 nitrogen and oxygen atoms in total. The van der Waals surface area contributed by atoms with Gasteiger partial charge < -0.3 is 20.1 Å². The zero-order valence-corrected chi connectivity index (χ0v) is 11.1. The molecular weight excluding hydrogens is 276 g/mol. The zero-order valence-electron chi connectivity index (χ0n) is 11.1. The van der Waals surface area contributed by atoms with Crippen LogP contribution in [0.25, 0.3) is 0 Å². The molecule has 21 heavy (non-hydrogen) atoms. The van der Waals surface area contributed by atoms with E-state index in [0.29, 0.717) is 18.6 Å². The topological polar surface area (TPSA) is 104 Å². The number of hydrogen-bond acceptors (Lipinski definition) is 6. The van der Waals surface area contributed by atoms with Crippen LogP contribution in [0.1, 0.15) is 24.3 Å². The van der Waals surface area contributed by atoms with Gasteiger partial charge in [0.1, 0.15) is 12.4 Å². The van der Waals surface area contributed by atoms with Gasteiger partial charge in [-0.2, -0.15) is 0 Å². The average molecular weight is 290 g/mol. The Morgan fingerprint density at radius 1 is 1.05 bits per heavy atom. The minimum absolute atomic E-state index is 0.00772. The van der Waals surface area contributed by atoms with Crippen LogP contribution < -0.4 is 0 Å². The Balaban J connectivity index is 1.95. The summed E-state index contributed by atoms with van der Waals surface area (Å²) < 4.78 is 5.48. The molecule has 1 aliphatic carbocycles. The summed E-state index contributed by atoms with van der Waals surface area (Å²) >= 11 is 0. The second kappa shape index (κ2) is 4.80. The van der Waals surface area contributed by atoms with Gasteiger partial charge in [0.15, 0.2) is 23.1 Å². The van der Waals surface area contributed by atoms with Crippen molar-refractivity contribution in [1.82, 2.24) is 0 Å². The summed E-state index contributed by atoms with van der Waals surface area (Å²) in [5, 5.41) is 28.8. The van der Waals surface area contributed by atoms with E-state index < -0.39 is 29.1 Å². The van der Waals surface area contributed by atoms with Crippen LogP contribution in [0, 0.1) is 5.92 Å². The molecule has 0 saturated carbocycles. The van der Waals surface area contributed by atoms with E-state index in [9.17, 15) is 24.9 Å². The molecule has 1 heterocycles. The normalized spacial score (nSPS) is 25.0. The lowest BCUT2D eigenvalue weighted by molar-refractivity contribution is -0.130. The highest BCUT2D eigenvalue weighted by atomic mass is 16.5. The zero-order chi connectivity index (χ0) is 15.1. The number of ether oxygens (including phenoxy) is 1. The van der Waals surface area contributed by atoms with Crippen molar-refractivity contribution in [2.45, 2.75) is 18.8 Å². The predicted octanol–water partition coefficient (Wildman–Crippen LogP) is 1.35. The van der Waals surface area contributed by atoms with E-state index in [0.717, 1.165) is 0 Å². The van der Waals surface area contributed by atoms with E-state index in [1.54, 1.807) is 0 Å². The summed E-state index contributed by atoms with van der Waals surface area (Å²) in [6.45, 7) is -0.00772. The number of rotatable bonds is 1. The van der Waals surface area contributed by atoms with Crippen LogP contribution >= 0.6 is 0 Å². The third kappa shape index (κ3) is 2.12. The van der Waals surface area contributed by atoms with E-state index in [1.165, 1.54) is 18.2 Å². The highest BCUT2D eigenvalue weighted by Gasteiger charge is 2.40. The Bertz CT molecular complexity index is 660. The Kier molecular flexibility index (Phi) is 3.08. The first-order chi connectivity index (χ1) is 9.99. The molecule has 1 aromatic rings. The molecule has 110 valence electrons. The maximum atomic E-state index is 12.5. The first-order valence-corrected chi connectivity index (χ1v) is 6.63. The lowest BCUT2D eigenvalue weighted by atomic mass is 9.79. The van der Waals surface area contributed by atoms with Crippen LogP contribution in [-0.2, 0) is 14.3 Å². The lowest BCUT2D eigenvalue weighted by Gasteiger charge is -2.32. The van der Waals surface area contributed by atoms with Gasteiger partial charge in [-0.25, -0.2) is 0 Å². The number of Topliss-reactive ketones (excluding diaryl/α,β-unsaturated/α-hetero) is 1. The van der Waals surface area contributed by atoms with Gasteiger partial charge >= 0.3 is 0 Å². The second-order valence-corrected chi connectivity index (χ2v) is 5.24. The molecule has 3 rings (SSSR count). The van der Waals surface area contributed by atoms with Gasteiger partial charge in [0, 0.05) is 18.1 Å². The molecule has 1 fully saturated rings. The third-order valence-corrected chi connectivity index (χ3v) is 3.97. The van der Waals surface area contributed by atoms with Gasteiger partial charge in [0.25, 0.3) is 0 Å². The van der Waals surface area contributed by atoms with E-state index in [-0.39, 0.29) is 23.7 Å². The van der Waals surface area contributed by atoms with Crippen molar-refractivity contribution < 1.29 is 29.6 Å². The summed E-state index contributed by atoms with van der Waals surface area (Å²) in [4.78, 5) is 23.9. The number of carbonyl (C=O) groups excluding carboxylic acids is 2. The SMILES string of the molecule is O=C1C=C2OCC(c3ccc(O)c(O)c3O)C(=O)C2CC1. The van der Waals surface area contributed by atoms with Gasteiger partial charge in [-0.05, 0) is 12.5 Å². The predicted molar refractivity (Wildman–Crippen MR) is 71.0 cm³/mol. The van der Waals surface area contributed by atoms with Crippen molar-refractivity contribution in [1.29, 1.82) is 0 Å². The van der Waals surface area contributed by atoms with Crippen molar-refractivity contribution in [3.8, 4) is 17.2 Å². The fourth-order valence-electron chi connectivity index (χ4n) is 2.80. The van der Waals surface area contributed by atoms with Gasteiger partial charge in [0.05, 0.1) is 11.8 Å². The summed E-state index contributed by atoms with van der Waals surface area (Å²) in [6, 6.07) is 2.60. The van der Waals surface area contributed by atoms with E-state index in [4.69, 9.17) is 4.74 Å². The molecule has 6 heteroatoms. The first-order valence-electron chi connectivity index (χ1n) is 6.63. The van der Waals surface area contributed by atoms with Crippen molar-refractivity contribution in [3.05, 3.63) is 29.5 Å². The molecule has 0 spiro atoms. The maximum Gasteiger partial charge on any atom is 0.200 e. The molecule has 0 amide bonds. The molecule has 0 aromatic heterocycles. The third-order valence-electron chi connectivity index (χ3n) is 3.97. The number of carbonyl (C=O) groups is 2. The highest BCUT2D eigenvalue weighted by molar-refractivity contribution is 5.97. The number of allylic oxidation sites excluding steroid dienone is 2. The number of aromatic hydroxyl groups is 3. The van der Waals surface area contributed by atoms with Crippen molar-refractivity contribution in [3.63, 3.8) is 0 Å². The molecule has 1 aliphatic heterocycles. The second-order valence-electron chi connectivity index (χ2n) is 5.24. The van der Waals surface area contributed by atoms with Crippen molar-refractivity contribution in [2.24, 2.45) is 5.92 Å². The van der Waals surface area contributed by atoms with Crippen molar-refractivity contribution in [2.75, 3.05) is 6.61 Å². The van der Waals surface area contributed by atoms with Crippen LogP contribution in [0.4, 0.5) is 0 Å². The van der Waals surface area contributed by atoms with Crippen LogP contribution in [0.3, 0.4) is 0 Å². The monoisotopic (exact) mass is 290 g/mol. The Morgan fingerprint density at radius 3 is 2.57 bits per heavy atom. The minimum Gasteiger partial charge on any atom is -0.504 e. The number of benzene rings is 1. The molecule has 1 saturated heterocycles. The van der Waals surface area contributed by atoms with E-state index in [2.05, 4.69) is 0 Å². The number of fused-ring (bicyclic) bond motifs is 1. The largest absolute Gasteiger partial charge is 0.504 e. The minimum atomic E-state index is -0.730. The van der Waals surface area contributed by atoms with Crippen LogP contribution in [-0.4, -0.2) is 33.5 Å². The van der Waals surface area contributed by atoms with Crippen LogP contribution in [0.2, 0.25) is 0 Å². The van der Waals surface area contributed by atoms with Crippen molar-refractivity contribution >= 4 is 11.6 Å². The number of phenols is 3. The Labute approximate surface area is 120 Å². The van der Waals surface area contributed by atoms with E-state index >= 15 is 0 Å². The van der Waals surface area contributed by atoms with Crippen LogP contribution in [0.5, 0.6) is 17.2 Å². The smallest absolute Gasteiger partial charge is 0.200 e. The first kappa shape index (κ1) is 13.5. The molecule has 2 unspecified atom stereocenters. The van der Waals surface area contributed by atoms with Crippen LogP contribution in [0.15, 0.2) is 24.0 Å². The molecule has 0 radical (unpaired) electrons. The molecular formula is C15H14O6. The molecule has 3 N–H and O–H groups in total. The molecule has 0 bridgehead atoms. The fourth-order valence-corrected chi connectivity index (χ4v) is 2.80. The van der Waals surface area contributed by atoms with Gasteiger partial charge in [-0.3, -0.25) is 9.59 Å². The number of hydrogen-bond donors (Lipinski definition) is 3. The Morgan fingerprint density at radius 2 is 1.81 bits per heavy atom. The lowest BCUT2D eigenvalue weighted by Crippen LogP contribution is -2.35. The molecule has 2 atom stereocenters. The van der Waals surface area contributed by atoms with E-state index in [1.807, 2.05) is 0 Å².